The molecule has 2 heterocycles. The Morgan fingerprint density at radius 3 is 2.72 bits per heavy atom. The van der Waals surface area contributed by atoms with Crippen LogP contribution >= 0.6 is 11.3 Å². The first kappa shape index (κ1) is 17.2. The van der Waals surface area contributed by atoms with E-state index in [1.807, 2.05) is 0 Å². The molecule has 1 amide bonds. The number of aromatic nitrogens is 2. The van der Waals surface area contributed by atoms with Gasteiger partial charge in [0.25, 0.3) is 5.91 Å². The highest BCUT2D eigenvalue weighted by Crippen LogP contribution is 2.27. The zero-order valence-corrected chi connectivity index (χ0v) is 13.4. The van der Waals surface area contributed by atoms with Gasteiger partial charge in [0.05, 0.1) is 11.4 Å². The first-order valence-corrected chi connectivity index (χ1v) is 7.94. The number of amides is 1. The predicted molar refractivity (Wildman–Crippen MR) is 85.0 cm³/mol. The highest BCUT2D eigenvalue weighted by atomic mass is 32.1. The summed E-state index contributed by atoms with van der Waals surface area (Å²) in [5.41, 5.74) is -0.000127. The van der Waals surface area contributed by atoms with Crippen LogP contribution in [-0.2, 0) is 12.7 Å². The molecule has 0 spiro atoms. The fourth-order valence-electron chi connectivity index (χ4n) is 2.12. The number of carbonyl (C=O) groups is 1. The molecule has 1 N–H and O–H groups in total. The molecule has 0 aliphatic heterocycles. The second-order valence-electron chi connectivity index (χ2n) is 5.18. The number of hydrogen-bond donors (Lipinski definition) is 1. The maximum Gasteiger partial charge on any atom is 0.435 e. The number of nitrogens with one attached hydrogen (secondary N) is 1. The first-order chi connectivity index (χ1) is 11.8. The van der Waals surface area contributed by atoms with Crippen molar-refractivity contribution in [1.82, 2.24) is 9.78 Å². The standard InChI is InChI=1S/C16H11F4N3OS/c17-11-2-1-3-12(7-11)21-15(24)13-6-10(9-25-13)8-23-5-4-14(22-23)16(18,19)20/h1-7,9H,8H2,(H,21,24). The zero-order valence-electron chi connectivity index (χ0n) is 12.5. The van der Waals surface area contributed by atoms with Crippen LogP contribution in [0.1, 0.15) is 20.9 Å². The Kier molecular flexibility index (Phi) is 4.58. The molecule has 0 aliphatic rings. The van der Waals surface area contributed by atoms with Crippen LogP contribution in [0, 0.1) is 5.82 Å². The highest BCUT2D eigenvalue weighted by Gasteiger charge is 2.33. The summed E-state index contributed by atoms with van der Waals surface area (Å²) in [7, 11) is 0. The van der Waals surface area contributed by atoms with Gasteiger partial charge in [-0.05, 0) is 41.3 Å². The lowest BCUT2D eigenvalue weighted by atomic mass is 10.3. The molecular formula is C16H11F4N3OS. The van der Waals surface area contributed by atoms with Gasteiger partial charge in [-0.3, -0.25) is 9.48 Å². The van der Waals surface area contributed by atoms with Crippen LogP contribution < -0.4 is 5.32 Å². The molecular weight excluding hydrogens is 358 g/mol. The lowest BCUT2D eigenvalue weighted by Crippen LogP contribution is -2.10. The summed E-state index contributed by atoms with van der Waals surface area (Å²) in [6.45, 7) is 0.111. The van der Waals surface area contributed by atoms with Crippen LogP contribution in [0.4, 0.5) is 23.2 Å². The molecule has 0 saturated heterocycles. The second-order valence-corrected chi connectivity index (χ2v) is 6.09. The lowest BCUT2D eigenvalue weighted by Gasteiger charge is -2.03. The highest BCUT2D eigenvalue weighted by molar-refractivity contribution is 7.12. The smallest absolute Gasteiger partial charge is 0.321 e. The van der Waals surface area contributed by atoms with Crippen molar-refractivity contribution in [3.63, 3.8) is 0 Å². The molecule has 3 aromatic rings. The Morgan fingerprint density at radius 1 is 1.24 bits per heavy atom. The Balaban J connectivity index is 1.67. The average Bonchev–Trinajstić information content (AvgIpc) is 3.16. The third-order valence-electron chi connectivity index (χ3n) is 3.24. The van der Waals surface area contributed by atoms with Crippen molar-refractivity contribution in [2.75, 3.05) is 5.32 Å². The van der Waals surface area contributed by atoms with Gasteiger partial charge in [-0.25, -0.2) is 4.39 Å². The van der Waals surface area contributed by atoms with Gasteiger partial charge in [0, 0.05) is 11.9 Å². The summed E-state index contributed by atoms with van der Waals surface area (Å²) in [5, 5.41) is 7.69. The van der Waals surface area contributed by atoms with Gasteiger partial charge in [0.15, 0.2) is 5.69 Å². The van der Waals surface area contributed by atoms with E-state index < -0.39 is 23.6 Å². The van der Waals surface area contributed by atoms with Crippen molar-refractivity contribution in [2.45, 2.75) is 12.7 Å². The first-order valence-electron chi connectivity index (χ1n) is 7.06. The Bertz CT molecular complexity index is 901. The molecule has 9 heteroatoms. The van der Waals surface area contributed by atoms with Crippen molar-refractivity contribution < 1.29 is 22.4 Å². The molecule has 4 nitrogen and oxygen atoms in total. The summed E-state index contributed by atoms with van der Waals surface area (Å²) in [6, 6.07) is 7.93. The normalized spacial score (nSPS) is 11.5. The average molecular weight is 369 g/mol. The van der Waals surface area contributed by atoms with Crippen molar-refractivity contribution in [2.24, 2.45) is 0 Å². The number of benzene rings is 1. The fraction of sp³-hybridized carbons (Fsp3) is 0.125. The topological polar surface area (TPSA) is 46.9 Å². The SMILES string of the molecule is O=C(Nc1cccc(F)c1)c1cc(Cn2ccc(C(F)(F)F)n2)cs1. The van der Waals surface area contributed by atoms with Crippen molar-refractivity contribution in [3.05, 3.63) is 69.9 Å². The van der Waals surface area contributed by atoms with Crippen LogP contribution in [0.3, 0.4) is 0 Å². The molecule has 0 radical (unpaired) electrons. The minimum absolute atomic E-state index is 0.111. The van der Waals surface area contributed by atoms with Crippen LogP contribution in [0.2, 0.25) is 0 Å². The van der Waals surface area contributed by atoms with E-state index in [-0.39, 0.29) is 6.54 Å². The minimum atomic E-state index is -4.49. The number of carbonyl (C=O) groups excluding carboxylic acids is 1. The van der Waals surface area contributed by atoms with Gasteiger partial charge < -0.3 is 5.32 Å². The fourth-order valence-corrected chi connectivity index (χ4v) is 2.92. The van der Waals surface area contributed by atoms with Gasteiger partial charge in [-0.2, -0.15) is 18.3 Å². The number of alkyl halides is 3. The monoisotopic (exact) mass is 369 g/mol. The quantitative estimate of drug-likeness (QED) is 0.693. The van der Waals surface area contributed by atoms with E-state index in [1.165, 1.54) is 24.4 Å². The summed E-state index contributed by atoms with van der Waals surface area (Å²) < 4.78 is 51.9. The molecule has 0 atom stereocenters. The van der Waals surface area contributed by atoms with Crippen LogP contribution in [0.25, 0.3) is 0 Å². The number of thiophene rings is 1. The van der Waals surface area contributed by atoms with Crippen LogP contribution in [0.15, 0.2) is 48.0 Å². The Labute approximate surface area is 143 Å². The van der Waals surface area contributed by atoms with Gasteiger partial charge in [0.2, 0.25) is 0 Å². The van der Waals surface area contributed by atoms with E-state index in [0.717, 1.165) is 22.1 Å². The van der Waals surface area contributed by atoms with Crippen molar-refractivity contribution >= 4 is 22.9 Å². The van der Waals surface area contributed by atoms with Crippen molar-refractivity contribution in [3.8, 4) is 0 Å². The lowest BCUT2D eigenvalue weighted by molar-refractivity contribution is -0.141. The number of hydrogen-bond acceptors (Lipinski definition) is 3. The number of rotatable bonds is 4. The largest absolute Gasteiger partial charge is 0.435 e. The summed E-state index contributed by atoms with van der Waals surface area (Å²) in [5.74, 6) is -0.887. The molecule has 3 rings (SSSR count). The zero-order chi connectivity index (χ0) is 18.0. The molecule has 0 bridgehead atoms. The molecule has 130 valence electrons. The Morgan fingerprint density at radius 2 is 2.04 bits per heavy atom. The number of halogens is 4. The molecule has 2 aromatic heterocycles. The van der Waals surface area contributed by atoms with Crippen LogP contribution in [0.5, 0.6) is 0 Å². The molecule has 0 aliphatic carbocycles. The van der Waals surface area contributed by atoms with E-state index in [4.69, 9.17) is 0 Å². The maximum absolute atomic E-state index is 13.1. The second kappa shape index (κ2) is 6.67. The van der Waals surface area contributed by atoms with Gasteiger partial charge in [-0.1, -0.05) is 6.07 Å². The molecule has 25 heavy (non-hydrogen) atoms. The van der Waals surface area contributed by atoms with Gasteiger partial charge >= 0.3 is 6.18 Å². The predicted octanol–water partition coefficient (Wildman–Crippen LogP) is 4.40. The summed E-state index contributed by atoms with van der Waals surface area (Å²) in [6.07, 6.45) is -3.26. The maximum atomic E-state index is 13.1. The number of anilines is 1. The van der Waals surface area contributed by atoms with E-state index >= 15 is 0 Å². The minimum Gasteiger partial charge on any atom is -0.321 e. The summed E-state index contributed by atoms with van der Waals surface area (Å²) >= 11 is 1.14. The van der Waals surface area contributed by atoms with Crippen LogP contribution in [-0.4, -0.2) is 15.7 Å². The van der Waals surface area contributed by atoms with E-state index in [1.54, 1.807) is 17.5 Å². The third-order valence-corrected chi connectivity index (χ3v) is 4.21. The van der Waals surface area contributed by atoms with E-state index in [0.29, 0.717) is 16.1 Å². The molecule has 0 saturated carbocycles. The number of nitrogens with zero attached hydrogens (tertiary/aromatic N) is 2. The molecule has 0 unspecified atom stereocenters. The molecule has 1 aromatic carbocycles. The van der Waals surface area contributed by atoms with E-state index in [9.17, 15) is 22.4 Å². The van der Waals surface area contributed by atoms with Gasteiger partial charge in [0.1, 0.15) is 5.82 Å². The van der Waals surface area contributed by atoms with Crippen molar-refractivity contribution in [1.29, 1.82) is 0 Å². The van der Waals surface area contributed by atoms with E-state index in [2.05, 4.69) is 10.4 Å². The van der Waals surface area contributed by atoms with Gasteiger partial charge in [-0.15, -0.1) is 11.3 Å². The summed E-state index contributed by atoms with van der Waals surface area (Å²) in [4.78, 5) is 12.5. The Hall–Kier alpha value is -2.68. The molecule has 0 fully saturated rings. The third kappa shape index (κ3) is 4.24.